The van der Waals surface area contributed by atoms with Crippen molar-refractivity contribution in [3.05, 3.63) is 71.8 Å². The molecule has 0 saturated heterocycles. The molecule has 166 valence electrons. The summed E-state index contributed by atoms with van der Waals surface area (Å²) in [6.45, 7) is 2.32. The third kappa shape index (κ3) is 7.73. The van der Waals surface area contributed by atoms with Gasteiger partial charge in [0.05, 0.1) is 0 Å². The molecule has 1 saturated carbocycles. The number of thioether (sulfide) groups is 1. The molecule has 1 fully saturated rings. The van der Waals surface area contributed by atoms with Crippen LogP contribution in [0.5, 0.6) is 0 Å². The maximum atomic E-state index is 13.1. The van der Waals surface area contributed by atoms with Gasteiger partial charge in [0.15, 0.2) is 0 Å². The van der Waals surface area contributed by atoms with Gasteiger partial charge >= 0.3 is 0 Å². The fourth-order valence-electron chi connectivity index (χ4n) is 4.00. The van der Waals surface area contributed by atoms with Gasteiger partial charge in [-0.3, -0.25) is 9.59 Å². The smallest absolute Gasteiger partial charge is 0.242 e. The molecule has 0 aliphatic heterocycles. The molecule has 3 rings (SSSR count). The van der Waals surface area contributed by atoms with Gasteiger partial charge in [-0.2, -0.15) is 11.8 Å². The van der Waals surface area contributed by atoms with E-state index in [2.05, 4.69) is 17.4 Å². The third-order valence-corrected chi connectivity index (χ3v) is 6.92. The van der Waals surface area contributed by atoms with Crippen LogP contribution in [0.4, 0.5) is 0 Å². The molecule has 5 heteroatoms. The first-order valence-corrected chi connectivity index (χ1v) is 12.5. The van der Waals surface area contributed by atoms with Crippen molar-refractivity contribution in [3.8, 4) is 0 Å². The van der Waals surface area contributed by atoms with E-state index in [4.69, 9.17) is 0 Å². The van der Waals surface area contributed by atoms with Gasteiger partial charge < -0.3 is 10.2 Å². The molecule has 2 aromatic carbocycles. The van der Waals surface area contributed by atoms with Crippen molar-refractivity contribution in [1.29, 1.82) is 0 Å². The molecule has 2 amide bonds. The molecule has 31 heavy (non-hydrogen) atoms. The van der Waals surface area contributed by atoms with E-state index >= 15 is 0 Å². The number of hydrogen-bond acceptors (Lipinski definition) is 3. The first-order chi connectivity index (χ1) is 15.1. The number of hydrogen-bond donors (Lipinski definition) is 1. The van der Waals surface area contributed by atoms with Crippen molar-refractivity contribution in [2.75, 3.05) is 5.75 Å². The number of nitrogens with zero attached hydrogens (tertiary/aromatic N) is 1. The van der Waals surface area contributed by atoms with Crippen LogP contribution in [-0.4, -0.2) is 34.6 Å². The highest BCUT2D eigenvalue weighted by Crippen LogP contribution is 2.19. The molecule has 0 unspecified atom stereocenters. The van der Waals surface area contributed by atoms with E-state index in [0.29, 0.717) is 13.0 Å². The molecular weight excluding hydrogens is 404 g/mol. The number of rotatable bonds is 10. The van der Waals surface area contributed by atoms with Gasteiger partial charge in [0, 0.05) is 30.5 Å². The summed E-state index contributed by atoms with van der Waals surface area (Å²) in [6, 6.07) is 20.0. The molecule has 0 bridgehead atoms. The van der Waals surface area contributed by atoms with Crippen LogP contribution in [-0.2, 0) is 21.9 Å². The number of amides is 2. The maximum Gasteiger partial charge on any atom is 0.242 e. The van der Waals surface area contributed by atoms with Crippen molar-refractivity contribution in [2.45, 2.75) is 69.8 Å². The molecule has 2 aromatic rings. The zero-order valence-corrected chi connectivity index (χ0v) is 19.3. The lowest BCUT2D eigenvalue weighted by Gasteiger charge is -2.31. The number of benzene rings is 2. The van der Waals surface area contributed by atoms with Gasteiger partial charge in [0.1, 0.15) is 6.04 Å². The van der Waals surface area contributed by atoms with Crippen LogP contribution in [0.3, 0.4) is 0 Å². The molecule has 1 atom stereocenters. The minimum Gasteiger partial charge on any atom is -0.352 e. The van der Waals surface area contributed by atoms with Crippen molar-refractivity contribution in [3.63, 3.8) is 0 Å². The summed E-state index contributed by atoms with van der Waals surface area (Å²) in [4.78, 5) is 27.8. The average Bonchev–Trinajstić information content (AvgIpc) is 2.81. The SMILES string of the molecule is C[C@H](C(=O)NC1CCCCC1)N(Cc1ccccc1)C(=O)CCSCc1ccccc1. The van der Waals surface area contributed by atoms with E-state index in [-0.39, 0.29) is 17.9 Å². The summed E-state index contributed by atoms with van der Waals surface area (Å²) in [7, 11) is 0. The molecule has 0 radical (unpaired) electrons. The Morgan fingerprint density at radius 3 is 2.23 bits per heavy atom. The van der Waals surface area contributed by atoms with E-state index in [9.17, 15) is 9.59 Å². The highest BCUT2D eigenvalue weighted by molar-refractivity contribution is 7.98. The van der Waals surface area contributed by atoms with Crippen LogP contribution in [0, 0.1) is 0 Å². The van der Waals surface area contributed by atoms with Gasteiger partial charge in [-0.1, -0.05) is 79.9 Å². The van der Waals surface area contributed by atoms with E-state index in [0.717, 1.165) is 29.9 Å². The zero-order valence-electron chi connectivity index (χ0n) is 18.5. The van der Waals surface area contributed by atoms with E-state index in [1.807, 2.05) is 55.5 Å². The Bertz CT molecular complexity index is 807. The fraction of sp³-hybridized carbons (Fsp3) is 0.462. The minimum absolute atomic E-state index is 0.0341. The highest BCUT2D eigenvalue weighted by Gasteiger charge is 2.27. The Balaban J connectivity index is 1.57. The largest absolute Gasteiger partial charge is 0.352 e. The molecular formula is C26H34N2O2S. The van der Waals surface area contributed by atoms with E-state index in [1.165, 1.54) is 24.8 Å². The van der Waals surface area contributed by atoms with Crippen molar-refractivity contribution in [2.24, 2.45) is 0 Å². The van der Waals surface area contributed by atoms with Crippen LogP contribution in [0.15, 0.2) is 60.7 Å². The summed E-state index contributed by atoms with van der Waals surface area (Å²) in [6.07, 6.45) is 6.12. The second-order valence-corrected chi connectivity index (χ2v) is 9.42. The molecule has 4 nitrogen and oxygen atoms in total. The Labute approximate surface area is 190 Å². The highest BCUT2D eigenvalue weighted by atomic mass is 32.2. The van der Waals surface area contributed by atoms with Crippen molar-refractivity contribution >= 4 is 23.6 Å². The molecule has 1 aliphatic carbocycles. The van der Waals surface area contributed by atoms with Gasteiger partial charge in [-0.25, -0.2) is 0 Å². The molecule has 1 N–H and O–H groups in total. The number of carbonyl (C=O) groups is 2. The topological polar surface area (TPSA) is 49.4 Å². The van der Waals surface area contributed by atoms with E-state index < -0.39 is 6.04 Å². The van der Waals surface area contributed by atoms with Crippen molar-refractivity contribution in [1.82, 2.24) is 10.2 Å². The fourth-order valence-corrected chi connectivity index (χ4v) is 4.89. The lowest BCUT2D eigenvalue weighted by atomic mass is 9.95. The number of nitrogens with one attached hydrogen (secondary N) is 1. The molecule has 0 aromatic heterocycles. The Morgan fingerprint density at radius 1 is 0.968 bits per heavy atom. The maximum absolute atomic E-state index is 13.1. The van der Waals surface area contributed by atoms with Crippen molar-refractivity contribution < 1.29 is 9.59 Å². The predicted molar refractivity (Wildman–Crippen MR) is 129 cm³/mol. The van der Waals surface area contributed by atoms with Crippen LogP contribution < -0.4 is 5.32 Å². The van der Waals surface area contributed by atoms with Crippen LogP contribution in [0.2, 0.25) is 0 Å². The van der Waals surface area contributed by atoms with Crippen LogP contribution >= 0.6 is 11.8 Å². The standard InChI is InChI=1S/C26H34N2O2S/c1-21(26(30)27-24-15-9-4-10-16-24)28(19-22-11-5-2-6-12-22)25(29)17-18-31-20-23-13-7-3-8-14-23/h2-3,5-8,11-14,21,24H,4,9-10,15-20H2,1H3,(H,27,30)/t21-/m1/s1. The Hall–Kier alpha value is -2.27. The van der Waals surface area contributed by atoms with E-state index in [1.54, 1.807) is 16.7 Å². The molecule has 0 heterocycles. The van der Waals surface area contributed by atoms with Gasteiger partial charge in [-0.15, -0.1) is 0 Å². The first-order valence-electron chi connectivity index (χ1n) is 11.4. The zero-order chi connectivity index (χ0) is 21.9. The average molecular weight is 439 g/mol. The lowest BCUT2D eigenvalue weighted by molar-refractivity contribution is -0.140. The van der Waals surface area contributed by atoms with Gasteiger partial charge in [-0.05, 0) is 30.9 Å². The summed E-state index contributed by atoms with van der Waals surface area (Å²) in [5.74, 6) is 1.64. The minimum atomic E-state index is -0.478. The monoisotopic (exact) mass is 438 g/mol. The van der Waals surface area contributed by atoms with Gasteiger partial charge in [0.2, 0.25) is 11.8 Å². The second kappa shape index (κ2) is 12.6. The van der Waals surface area contributed by atoms with Crippen LogP contribution in [0.25, 0.3) is 0 Å². The van der Waals surface area contributed by atoms with Crippen LogP contribution in [0.1, 0.15) is 56.6 Å². The summed E-state index contributed by atoms with van der Waals surface area (Å²) in [5, 5.41) is 3.19. The number of carbonyl (C=O) groups excluding carboxylic acids is 2. The predicted octanol–water partition coefficient (Wildman–Crippen LogP) is 5.18. The Morgan fingerprint density at radius 2 is 1.58 bits per heavy atom. The quantitative estimate of drug-likeness (QED) is 0.520. The summed E-state index contributed by atoms with van der Waals surface area (Å²) < 4.78 is 0. The Kier molecular flexibility index (Phi) is 9.47. The first kappa shape index (κ1) is 23.4. The lowest BCUT2D eigenvalue weighted by Crippen LogP contribution is -2.50. The molecule has 0 spiro atoms. The summed E-state index contributed by atoms with van der Waals surface area (Å²) in [5.41, 5.74) is 2.31. The summed E-state index contributed by atoms with van der Waals surface area (Å²) >= 11 is 1.76. The van der Waals surface area contributed by atoms with Gasteiger partial charge in [0.25, 0.3) is 0 Å². The second-order valence-electron chi connectivity index (χ2n) is 8.31. The molecule has 1 aliphatic rings. The third-order valence-electron chi connectivity index (χ3n) is 5.89. The normalized spacial score (nSPS) is 15.3.